The zero-order valence-corrected chi connectivity index (χ0v) is 11.0. The Labute approximate surface area is 102 Å². The van der Waals surface area contributed by atoms with Gasteiger partial charge >= 0.3 is 23.1 Å². The van der Waals surface area contributed by atoms with Crippen molar-refractivity contribution in [2.24, 2.45) is 0 Å². The van der Waals surface area contributed by atoms with Gasteiger partial charge in [0, 0.05) is 13.7 Å². The molecule has 0 aliphatic heterocycles. The Morgan fingerprint density at radius 3 is 2.42 bits per heavy atom. The largest absolute Gasteiger partial charge is 2.00 e. The molecule has 12 heavy (non-hydrogen) atoms. The van der Waals surface area contributed by atoms with E-state index in [1.165, 1.54) is 0 Å². The summed E-state index contributed by atoms with van der Waals surface area (Å²) in [6, 6.07) is 0. The molecule has 0 rings (SSSR count). The summed E-state index contributed by atoms with van der Waals surface area (Å²) in [5.74, 6) is 0. The maximum atomic E-state index is 5.36. The summed E-state index contributed by atoms with van der Waals surface area (Å²) >= 11 is 0. The zero-order chi connectivity index (χ0) is 7.82. The van der Waals surface area contributed by atoms with E-state index >= 15 is 0 Å². The van der Waals surface area contributed by atoms with Gasteiger partial charge in [0.1, 0.15) is 0 Å². The molecule has 0 amide bonds. The number of ether oxygens (including phenoxy) is 2. The molecule has 0 saturated carbocycles. The van der Waals surface area contributed by atoms with Gasteiger partial charge in [-0.3, -0.25) is 0 Å². The number of hydrogen-bond acceptors (Lipinski definition) is 2. The van der Waals surface area contributed by atoms with E-state index in [2.05, 4.69) is 6.92 Å². The number of rotatable bonds is 6. The molecule has 0 bridgehead atoms. The monoisotopic (exact) mass is 248 g/mol. The summed E-state index contributed by atoms with van der Waals surface area (Å²) in [6.45, 7) is 7.20. The second kappa shape index (κ2) is 14.7. The van der Waals surface area contributed by atoms with Crippen LogP contribution in [0.15, 0.2) is 0 Å². The molecule has 0 aromatic carbocycles. The molecule has 0 radical (unpaired) electrons. The number of unbranched alkanes of at least 4 members (excludes halogenated alkanes) is 1. The van der Waals surface area contributed by atoms with E-state index in [9.17, 15) is 0 Å². The molecule has 0 heterocycles. The smallest absolute Gasteiger partial charge is 1.00 e. The predicted molar refractivity (Wildman–Crippen MR) is 47.6 cm³/mol. The maximum absolute atomic E-state index is 5.36. The van der Waals surface area contributed by atoms with Crippen molar-refractivity contribution < 1.29 is 26.5 Å². The van der Waals surface area contributed by atoms with Crippen molar-refractivity contribution in [2.75, 3.05) is 20.3 Å². The average molecular weight is 249 g/mol. The molecule has 4 heteroatoms. The van der Waals surface area contributed by atoms with E-state index in [1.54, 1.807) is 7.11 Å². The van der Waals surface area contributed by atoms with Gasteiger partial charge < -0.3 is 33.4 Å². The van der Waals surface area contributed by atoms with Crippen molar-refractivity contribution in [3.05, 3.63) is 6.92 Å². The van der Waals surface area contributed by atoms with Crippen LogP contribution in [0, 0.1) is 6.92 Å². The van der Waals surface area contributed by atoms with Crippen molar-refractivity contribution >= 4 is 23.1 Å². The van der Waals surface area contributed by atoms with Crippen LogP contribution in [0.4, 0.5) is 0 Å². The van der Waals surface area contributed by atoms with Crippen molar-refractivity contribution in [1.29, 1.82) is 0 Å². The molecule has 0 N–H and O–H groups in total. The van der Waals surface area contributed by atoms with Gasteiger partial charge in [0.25, 0.3) is 0 Å². The fraction of sp³-hybridized carbons (Fsp3) is 0.875. The normalized spacial score (nSPS) is 11.2. The molecule has 0 aromatic heterocycles. The van der Waals surface area contributed by atoms with Crippen LogP contribution in [0.25, 0.3) is 0 Å². The molecule has 0 aliphatic rings. The van der Waals surface area contributed by atoms with Crippen molar-refractivity contribution in [3.63, 3.8) is 0 Å². The molecule has 2 nitrogen and oxygen atoms in total. The van der Waals surface area contributed by atoms with Gasteiger partial charge in [0.15, 0.2) is 0 Å². The third-order valence-corrected chi connectivity index (χ3v) is 1.20. The maximum Gasteiger partial charge on any atom is 2.00 e. The Balaban J connectivity index is -0.000000405. The van der Waals surface area contributed by atoms with E-state index in [0.717, 1.165) is 19.4 Å². The van der Waals surface area contributed by atoms with Crippen LogP contribution < -0.4 is 17.0 Å². The van der Waals surface area contributed by atoms with E-state index in [0.29, 0.717) is 6.61 Å². The molecule has 0 aromatic rings. The van der Waals surface area contributed by atoms with E-state index < -0.39 is 0 Å². The zero-order valence-electron chi connectivity index (χ0n) is 8.01. The molecular formula is C8H17BrMgO2. The molecule has 0 unspecified atom stereocenters. The quantitative estimate of drug-likeness (QED) is 0.317. The first-order valence-corrected chi connectivity index (χ1v) is 3.71. The van der Waals surface area contributed by atoms with Crippen LogP contribution in [-0.4, -0.2) is 49.5 Å². The van der Waals surface area contributed by atoms with Gasteiger partial charge in [-0.15, -0.1) is 0 Å². The standard InChI is InChI=1S/C8H17O2.BrH.Mg/c1-4-5-6-10-8(2)7-9-3;;/h8H,1,4-7H2,2-3H3;1H;/q-1;;+2/p-1/t8-;;/m1../s1. The second-order valence-corrected chi connectivity index (χ2v) is 2.34. The average Bonchev–Trinajstić information content (AvgIpc) is 1.89. The fourth-order valence-electron chi connectivity index (χ4n) is 0.669. The third-order valence-electron chi connectivity index (χ3n) is 1.20. The summed E-state index contributed by atoms with van der Waals surface area (Å²) < 4.78 is 10.3. The van der Waals surface area contributed by atoms with Crippen molar-refractivity contribution in [2.45, 2.75) is 25.9 Å². The van der Waals surface area contributed by atoms with Gasteiger partial charge in [0.05, 0.1) is 12.7 Å². The summed E-state index contributed by atoms with van der Waals surface area (Å²) in [5.41, 5.74) is 0. The van der Waals surface area contributed by atoms with Crippen LogP contribution in [0.3, 0.4) is 0 Å². The molecule has 0 saturated heterocycles. The molecular weight excluding hydrogens is 232 g/mol. The minimum Gasteiger partial charge on any atom is -1.00 e. The number of halogens is 1. The summed E-state index contributed by atoms with van der Waals surface area (Å²) in [6.07, 6.45) is 2.20. The second-order valence-electron chi connectivity index (χ2n) is 2.34. The summed E-state index contributed by atoms with van der Waals surface area (Å²) in [7, 11) is 1.68. The molecule has 0 spiro atoms. The SMILES string of the molecule is [Br-].[CH2-]CCCO[C@H](C)COC.[Mg+2]. The van der Waals surface area contributed by atoms with Crippen LogP contribution >= 0.6 is 0 Å². The van der Waals surface area contributed by atoms with Crippen LogP contribution in [0.2, 0.25) is 0 Å². The van der Waals surface area contributed by atoms with E-state index in [4.69, 9.17) is 9.47 Å². The van der Waals surface area contributed by atoms with Crippen molar-refractivity contribution in [1.82, 2.24) is 0 Å². The Kier molecular flexibility index (Phi) is 23.1. The van der Waals surface area contributed by atoms with Gasteiger partial charge in [0.2, 0.25) is 0 Å². The number of hydrogen-bond donors (Lipinski definition) is 0. The van der Waals surface area contributed by atoms with Gasteiger partial charge in [-0.1, -0.05) is 6.42 Å². The summed E-state index contributed by atoms with van der Waals surface area (Å²) in [5, 5.41) is 0. The minimum absolute atomic E-state index is 0. The first-order valence-electron chi connectivity index (χ1n) is 3.71. The Bertz CT molecular complexity index is 74.1. The van der Waals surface area contributed by atoms with E-state index in [1.807, 2.05) is 6.92 Å². The first kappa shape index (κ1) is 18.9. The number of methoxy groups -OCH3 is 1. The van der Waals surface area contributed by atoms with Crippen LogP contribution in [0.5, 0.6) is 0 Å². The summed E-state index contributed by atoms with van der Waals surface area (Å²) in [4.78, 5) is 0. The van der Waals surface area contributed by atoms with E-state index in [-0.39, 0.29) is 46.1 Å². The van der Waals surface area contributed by atoms with Crippen LogP contribution in [-0.2, 0) is 9.47 Å². The molecule has 1 atom stereocenters. The minimum atomic E-state index is 0. The Morgan fingerprint density at radius 1 is 1.42 bits per heavy atom. The van der Waals surface area contributed by atoms with Gasteiger partial charge in [-0.25, -0.2) is 0 Å². The predicted octanol–water partition coefficient (Wildman–Crippen LogP) is -1.72. The third kappa shape index (κ3) is 13.7. The molecule has 0 aliphatic carbocycles. The fourth-order valence-corrected chi connectivity index (χ4v) is 0.669. The van der Waals surface area contributed by atoms with Gasteiger partial charge in [-0.2, -0.15) is 6.42 Å². The molecule has 0 fully saturated rings. The Morgan fingerprint density at radius 2 is 2.00 bits per heavy atom. The Hall–Kier alpha value is 1.17. The van der Waals surface area contributed by atoms with Gasteiger partial charge in [-0.05, 0) is 6.92 Å². The first-order chi connectivity index (χ1) is 4.81. The molecule has 70 valence electrons. The van der Waals surface area contributed by atoms with Crippen molar-refractivity contribution in [3.8, 4) is 0 Å². The van der Waals surface area contributed by atoms with Crippen LogP contribution in [0.1, 0.15) is 19.8 Å². The topological polar surface area (TPSA) is 18.5 Å².